The smallest absolute Gasteiger partial charge is 0.308 e. The number of esters is 2. The van der Waals surface area contributed by atoms with Crippen LogP contribution in [0.25, 0.3) is 10.4 Å². The van der Waals surface area contributed by atoms with Gasteiger partial charge in [-0.3, -0.25) is 19.4 Å². The summed E-state index contributed by atoms with van der Waals surface area (Å²) < 4.78 is 39.8. The summed E-state index contributed by atoms with van der Waals surface area (Å²) in [6, 6.07) is 0.124. The standard InChI is InChI=1S/C18H33NO5.C17H30N4O4/c1-5-22-17-15(19(3)11-16(17)21-4)12-24-14-9-7-13(8-10-14)18(20)23-6-2;1-4-23-16-14(19-20-18)10-21(3)15(16)11-25-13-8-6-12(7-9-13)17(22)24-5-2/h13-17H,5-12H2,1-4H3;12-16H,4-11H2,1-3H3/t13?,14?,15-,16-,17-;12?,13?,14-,15-,16+/m11/s1. The van der Waals surface area contributed by atoms with Crippen LogP contribution < -0.4 is 0 Å². The Morgan fingerprint density at radius 1 is 0.673 bits per heavy atom. The van der Waals surface area contributed by atoms with Gasteiger partial charge in [0.25, 0.3) is 0 Å². The van der Waals surface area contributed by atoms with E-state index >= 15 is 0 Å². The number of hydrogen-bond donors (Lipinski definition) is 0. The van der Waals surface area contributed by atoms with Gasteiger partial charge in [-0.2, -0.15) is 0 Å². The van der Waals surface area contributed by atoms with Crippen molar-refractivity contribution in [3.05, 3.63) is 10.4 Å². The van der Waals surface area contributed by atoms with Crippen molar-refractivity contribution in [3.8, 4) is 0 Å². The van der Waals surface area contributed by atoms with Gasteiger partial charge in [-0.1, -0.05) is 5.11 Å². The molecule has 0 amide bonds. The normalized spacial score (nSPS) is 33.7. The van der Waals surface area contributed by atoms with Crippen molar-refractivity contribution in [1.82, 2.24) is 9.80 Å². The van der Waals surface area contributed by atoms with Crippen LogP contribution in [0, 0.1) is 11.8 Å². The molecule has 0 aromatic heterocycles. The molecule has 0 spiro atoms. The molecule has 2 heterocycles. The number of hydrogen-bond acceptors (Lipinski definition) is 12. The Kier molecular flexibility index (Phi) is 18.6. The van der Waals surface area contributed by atoms with E-state index in [4.69, 9.17) is 38.7 Å². The third-order valence-corrected chi connectivity index (χ3v) is 10.4. The van der Waals surface area contributed by atoms with E-state index in [9.17, 15) is 9.59 Å². The lowest BCUT2D eigenvalue weighted by Crippen LogP contribution is -2.41. The van der Waals surface area contributed by atoms with Crippen LogP contribution >= 0.6 is 0 Å². The van der Waals surface area contributed by atoms with Crippen molar-refractivity contribution in [1.29, 1.82) is 0 Å². The van der Waals surface area contributed by atoms with Crippen molar-refractivity contribution in [2.75, 3.05) is 73.9 Å². The Bertz CT molecular complexity index is 1020. The van der Waals surface area contributed by atoms with E-state index < -0.39 is 0 Å². The number of carbonyl (C=O) groups is 2. The van der Waals surface area contributed by atoms with Crippen molar-refractivity contribution in [2.45, 2.75) is 128 Å². The molecule has 0 bridgehead atoms. The first kappa shape index (κ1) is 41.4. The van der Waals surface area contributed by atoms with E-state index in [1.165, 1.54) is 0 Å². The highest BCUT2D eigenvalue weighted by molar-refractivity contribution is 5.72. The second kappa shape index (κ2) is 22.0. The Balaban J connectivity index is 0.000000266. The molecule has 14 heteroatoms. The first-order chi connectivity index (χ1) is 23.7. The third kappa shape index (κ3) is 12.3. The molecular formula is C35H63N5O9. The highest BCUT2D eigenvalue weighted by Gasteiger charge is 2.42. The molecule has 0 unspecified atom stereocenters. The zero-order chi connectivity index (χ0) is 35.8. The molecule has 0 N–H and O–H groups in total. The van der Waals surface area contributed by atoms with E-state index in [2.05, 4.69) is 26.9 Å². The van der Waals surface area contributed by atoms with Gasteiger partial charge in [0.05, 0.1) is 80.8 Å². The molecule has 282 valence electrons. The summed E-state index contributed by atoms with van der Waals surface area (Å²) in [5.41, 5.74) is 8.74. The molecule has 2 aliphatic heterocycles. The summed E-state index contributed by atoms with van der Waals surface area (Å²) >= 11 is 0. The van der Waals surface area contributed by atoms with Gasteiger partial charge in [0.15, 0.2) is 0 Å². The van der Waals surface area contributed by atoms with Gasteiger partial charge < -0.3 is 33.2 Å². The van der Waals surface area contributed by atoms with Crippen molar-refractivity contribution in [3.63, 3.8) is 0 Å². The van der Waals surface area contributed by atoms with E-state index in [0.29, 0.717) is 46.2 Å². The predicted molar refractivity (Wildman–Crippen MR) is 184 cm³/mol. The molecule has 0 radical (unpaired) electrons. The lowest BCUT2D eigenvalue weighted by Gasteiger charge is -2.31. The van der Waals surface area contributed by atoms with E-state index in [0.717, 1.165) is 57.9 Å². The lowest BCUT2D eigenvalue weighted by molar-refractivity contribution is -0.151. The number of rotatable bonds is 16. The highest BCUT2D eigenvalue weighted by Crippen LogP contribution is 2.31. The van der Waals surface area contributed by atoms with Gasteiger partial charge >= 0.3 is 11.9 Å². The third-order valence-electron chi connectivity index (χ3n) is 10.4. The molecule has 0 aromatic carbocycles. The van der Waals surface area contributed by atoms with Gasteiger partial charge in [0.2, 0.25) is 0 Å². The number of ether oxygens (including phenoxy) is 7. The van der Waals surface area contributed by atoms with Crippen LogP contribution in [-0.2, 0) is 42.7 Å². The van der Waals surface area contributed by atoms with Crippen LogP contribution in [-0.4, -0.2) is 144 Å². The van der Waals surface area contributed by atoms with Crippen LogP contribution in [0.3, 0.4) is 0 Å². The summed E-state index contributed by atoms with van der Waals surface area (Å²) in [4.78, 5) is 30.9. The largest absolute Gasteiger partial charge is 0.466 e. The number of likely N-dealkylation sites (N-methyl/N-ethyl adjacent to an activating group) is 2. The molecular weight excluding hydrogens is 634 g/mol. The number of likely N-dealkylation sites (tertiary alicyclic amines) is 2. The van der Waals surface area contributed by atoms with Crippen LogP contribution in [0.4, 0.5) is 0 Å². The van der Waals surface area contributed by atoms with Gasteiger partial charge in [-0.15, -0.1) is 0 Å². The minimum atomic E-state index is -0.178. The molecule has 0 aromatic rings. The van der Waals surface area contributed by atoms with E-state index in [-0.39, 0.29) is 72.4 Å². The molecule has 4 aliphatic rings. The maximum Gasteiger partial charge on any atom is 0.308 e. The fraction of sp³-hybridized carbons (Fsp3) is 0.943. The number of nitrogens with zero attached hydrogens (tertiary/aromatic N) is 5. The van der Waals surface area contributed by atoms with Gasteiger partial charge in [-0.25, -0.2) is 0 Å². The number of carbonyl (C=O) groups excluding carboxylic acids is 2. The van der Waals surface area contributed by atoms with Gasteiger partial charge in [-0.05, 0) is 98.7 Å². The fourth-order valence-electron chi connectivity index (χ4n) is 7.63. The molecule has 6 atom stereocenters. The van der Waals surface area contributed by atoms with Crippen LogP contribution in [0.1, 0.15) is 79.1 Å². The van der Waals surface area contributed by atoms with Crippen LogP contribution in [0.15, 0.2) is 5.11 Å². The summed E-state index contributed by atoms with van der Waals surface area (Å²) in [6.45, 7) is 12.6. The molecule has 2 aliphatic carbocycles. The minimum absolute atomic E-state index is 0.0134. The average molecular weight is 698 g/mol. The maximum absolute atomic E-state index is 11.8. The zero-order valence-corrected chi connectivity index (χ0v) is 31.0. The number of methoxy groups -OCH3 is 1. The molecule has 2 saturated carbocycles. The summed E-state index contributed by atoms with van der Waals surface area (Å²) in [5, 5.41) is 3.87. The van der Waals surface area contributed by atoms with Crippen LogP contribution in [0.2, 0.25) is 0 Å². The number of azide groups is 1. The Labute approximate surface area is 293 Å². The van der Waals surface area contributed by atoms with Crippen molar-refractivity contribution < 1.29 is 42.7 Å². The minimum Gasteiger partial charge on any atom is -0.466 e. The Morgan fingerprint density at radius 3 is 1.55 bits per heavy atom. The van der Waals surface area contributed by atoms with Gasteiger partial charge in [0.1, 0.15) is 6.10 Å². The summed E-state index contributed by atoms with van der Waals surface area (Å²) in [5.74, 6) is -0.0663. The second-order valence-electron chi connectivity index (χ2n) is 13.5. The van der Waals surface area contributed by atoms with E-state index in [1.807, 2.05) is 34.7 Å². The fourth-order valence-corrected chi connectivity index (χ4v) is 7.63. The summed E-state index contributed by atoms with van der Waals surface area (Å²) in [7, 11) is 5.84. The monoisotopic (exact) mass is 697 g/mol. The molecule has 2 saturated heterocycles. The maximum atomic E-state index is 11.8. The van der Waals surface area contributed by atoms with Crippen LogP contribution in [0.5, 0.6) is 0 Å². The predicted octanol–water partition coefficient (Wildman–Crippen LogP) is 4.38. The summed E-state index contributed by atoms with van der Waals surface area (Å²) in [6.07, 6.45) is 7.37. The first-order valence-electron chi connectivity index (χ1n) is 18.5. The molecule has 4 rings (SSSR count). The van der Waals surface area contributed by atoms with E-state index in [1.54, 1.807) is 7.11 Å². The van der Waals surface area contributed by atoms with Crippen molar-refractivity contribution in [2.24, 2.45) is 17.0 Å². The second-order valence-corrected chi connectivity index (χ2v) is 13.5. The topological polar surface area (TPSA) is 154 Å². The zero-order valence-electron chi connectivity index (χ0n) is 31.0. The Morgan fingerprint density at radius 2 is 1.12 bits per heavy atom. The quantitative estimate of drug-likeness (QED) is 0.0977. The average Bonchev–Trinajstić information content (AvgIpc) is 3.57. The molecule has 4 fully saturated rings. The Hall–Kier alpha value is -2.03. The SMILES string of the molecule is CCOC(=O)C1CCC(OC[C@@H]2[C@@H](OCC)[C@H](N=[N+]=[N-])CN2C)CC1.CCOC(=O)C1CCC(OC[C@@H]2[C@@H](OCC)[C@H](OC)CN2C)CC1. The first-order valence-corrected chi connectivity index (χ1v) is 18.5. The van der Waals surface area contributed by atoms with Gasteiger partial charge in [0, 0.05) is 38.3 Å². The molecule has 14 nitrogen and oxygen atoms in total. The highest BCUT2D eigenvalue weighted by atomic mass is 16.5. The lowest BCUT2D eigenvalue weighted by atomic mass is 9.87. The molecule has 49 heavy (non-hydrogen) atoms. The van der Waals surface area contributed by atoms with Crippen molar-refractivity contribution >= 4 is 11.9 Å².